The molecule has 0 spiro atoms. The minimum atomic E-state index is -0.893. The van der Waals surface area contributed by atoms with Crippen LogP contribution in [0.2, 0.25) is 10.0 Å². The van der Waals surface area contributed by atoms with Crippen LogP contribution in [0.25, 0.3) is 10.4 Å². The molecule has 1 aromatic rings. The highest BCUT2D eigenvalue weighted by molar-refractivity contribution is 6.35. The fourth-order valence-corrected chi connectivity index (χ4v) is 1.52. The molecule has 0 saturated carbocycles. The first-order chi connectivity index (χ1) is 6.65. The van der Waals surface area contributed by atoms with Crippen LogP contribution in [0.3, 0.4) is 0 Å². The van der Waals surface area contributed by atoms with Gasteiger partial charge in [0.2, 0.25) is 0 Å². The maximum absolute atomic E-state index is 9.53. The van der Waals surface area contributed by atoms with E-state index in [0.29, 0.717) is 15.6 Å². The van der Waals surface area contributed by atoms with Gasteiger partial charge >= 0.3 is 0 Å². The van der Waals surface area contributed by atoms with Crippen LogP contribution in [0.4, 0.5) is 0 Å². The normalized spacial score (nSPS) is 11.9. The summed E-state index contributed by atoms with van der Waals surface area (Å²) in [5, 5.41) is 13.6. The Morgan fingerprint density at radius 3 is 2.79 bits per heavy atom. The molecule has 0 aliphatic carbocycles. The van der Waals surface area contributed by atoms with Gasteiger partial charge in [-0.25, -0.2) is 0 Å². The van der Waals surface area contributed by atoms with Crippen LogP contribution >= 0.6 is 23.2 Å². The van der Waals surface area contributed by atoms with Crippen molar-refractivity contribution in [1.82, 2.24) is 0 Å². The number of hydrogen-bond donors (Lipinski definition) is 1. The van der Waals surface area contributed by atoms with Crippen molar-refractivity contribution in [1.29, 1.82) is 0 Å². The Labute approximate surface area is 90.7 Å². The number of azide groups is 1. The van der Waals surface area contributed by atoms with Crippen molar-refractivity contribution in [2.45, 2.75) is 6.10 Å². The standard InChI is InChI=1S/C8H7Cl2N3O/c9-5-1-2-6(7(10)3-5)8(14)4-12-13-11/h1-3,8,14H,4H2/t8-/m1/s1. The molecule has 0 aliphatic rings. The minimum Gasteiger partial charge on any atom is -0.388 e. The molecule has 0 saturated heterocycles. The van der Waals surface area contributed by atoms with Crippen LogP contribution in [-0.2, 0) is 0 Å². The van der Waals surface area contributed by atoms with Gasteiger partial charge in [0.15, 0.2) is 0 Å². The summed E-state index contributed by atoms with van der Waals surface area (Å²) in [6, 6.07) is 4.74. The predicted octanol–water partition coefficient (Wildman–Crippen LogP) is 3.34. The molecular formula is C8H7Cl2N3O. The molecule has 0 amide bonds. The van der Waals surface area contributed by atoms with Gasteiger partial charge in [0.25, 0.3) is 0 Å². The molecule has 0 fully saturated rings. The SMILES string of the molecule is [N-]=[N+]=NC[C@@H](O)c1ccc(Cl)cc1Cl. The third-order valence-electron chi connectivity index (χ3n) is 1.64. The van der Waals surface area contributed by atoms with E-state index < -0.39 is 6.10 Å². The Morgan fingerprint density at radius 2 is 2.21 bits per heavy atom. The summed E-state index contributed by atoms with van der Waals surface area (Å²) in [6.45, 7) is -0.0438. The summed E-state index contributed by atoms with van der Waals surface area (Å²) < 4.78 is 0. The second-order valence-corrected chi connectivity index (χ2v) is 3.44. The third-order valence-corrected chi connectivity index (χ3v) is 2.20. The first-order valence-electron chi connectivity index (χ1n) is 3.79. The van der Waals surface area contributed by atoms with E-state index in [1.54, 1.807) is 12.1 Å². The molecule has 14 heavy (non-hydrogen) atoms. The van der Waals surface area contributed by atoms with Crippen molar-refractivity contribution < 1.29 is 5.11 Å². The lowest BCUT2D eigenvalue weighted by atomic mass is 10.1. The number of aliphatic hydroxyl groups excluding tert-OH is 1. The zero-order valence-electron chi connectivity index (χ0n) is 7.06. The molecule has 1 aromatic carbocycles. The second-order valence-electron chi connectivity index (χ2n) is 2.60. The largest absolute Gasteiger partial charge is 0.388 e. The number of hydrogen-bond acceptors (Lipinski definition) is 2. The molecule has 0 bridgehead atoms. The summed E-state index contributed by atoms with van der Waals surface area (Å²) in [6.07, 6.45) is -0.893. The minimum absolute atomic E-state index is 0.0438. The van der Waals surface area contributed by atoms with Gasteiger partial charge in [0.05, 0.1) is 12.6 Å². The fraction of sp³-hybridized carbons (Fsp3) is 0.250. The van der Waals surface area contributed by atoms with E-state index in [4.69, 9.17) is 28.7 Å². The van der Waals surface area contributed by atoms with Crippen molar-refractivity contribution in [3.05, 3.63) is 44.3 Å². The van der Waals surface area contributed by atoms with E-state index in [1.165, 1.54) is 6.07 Å². The van der Waals surface area contributed by atoms with Gasteiger partial charge in [-0.3, -0.25) is 0 Å². The van der Waals surface area contributed by atoms with Crippen LogP contribution in [0.15, 0.2) is 23.3 Å². The fourth-order valence-electron chi connectivity index (χ4n) is 0.984. The van der Waals surface area contributed by atoms with E-state index >= 15 is 0 Å². The Kier molecular flexibility index (Phi) is 4.04. The lowest BCUT2D eigenvalue weighted by Crippen LogP contribution is -2.01. The highest BCUT2D eigenvalue weighted by Gasteiger charge is 2.10. The molecule has 6 heteroatoms. The third kappa shape index (κ3) is 2.79. The van der Waals surface area contributed by atoms with Gasteiger partial charge in [-0.1, -0.05) is 34.4 Å². The number of nitrogens with zero attached hydrogens (tertiary/aromatic N) is 3. The highest BCUT2D eigenvalue weighted by Crippen LogP contribution is 2.26. The molecule has 1 atom stereocenters. The molecule has 0 unspecified atom stereocenters. The lowest BCUT2D eigenvalue weighted by Gasteiger charge is -2.09. The quantitative estimate of drug-likeness (QED) is 0.484. The number of aliphatic hydroxyl groups is 1. The van der Waals surface area contributed by atoms with Crippen molar-refractivity contribution in [2.75, 3.05) is 6.54 Å². The second kappa shape index (κ2) is 5.08. The molecule has 0 aromatic heterocycles. The Bertz CT molecular complexity index is 377. The van der Waals surface area contributed by atoms with Gasteiger partial charge in [-0.2, -0.15) is 0 Å². The van der Waals surface area contributed by atoms with Crippen LogP contribution in [0.5, 0.6) is 0 Å². The molecule has 1 rings (SSSR count). The van der Waals surface area contributed by atoms with E-state index in [0.717, 1.165) is 0 Å². The van der Waals surface area contributed by atoms with Crippen molar-refractivity contribution in [3.8, 4) is 0 Å². The first-order valence-corrected chi connectivity index (χ1v) is 4.54. The number of rotatable bonds is 3. The molecule has 74 valence electrons. The Morgan fingerprint density at radius 1 is 1.50 bits per heavy atom. The average Bonchev–Trinajstić information content (AvgIpc) is 2.14. The van der Waals surface area contributed by atoms with Crippen molar-refractivity contribution >= 4 is 23.2 Å². The zero-order chi connectivity index (χ0) is 10.6. The maximum Gasteiger partial charge on any atom is 0.0860 e. The topological polar surface area (TPSA) is 69.0 Å². The summed E-state index contributed by atoms with van der Waals surface area (Å²) >= 11 is 11.5. The van der Waals surface area contributed by atoms with Crippen LogP contribution in [0.1, 0.15) is 11.7 Å². The maximum atomic E-state index is 9.53. The number of benzene rings is 1. The monoisotopic (exact) mass is 231 g/mol. The number of halogens is 2. The molecule has 0 radical (unpaired) electrons. The zero-order valence-corrected chi connectivity index (χ0v) is 8.57. The van der Waals surface area contributed by atoms with Gasteiger partial charge in [0.1, 0.15) is 0 Å². The smallest absolute Gasteiger partial charge is 0.0860 e. The van der Waals surface area contributed by atoms with Gasteiger partial charge in [0, 0.05) is 15.0 Å². The molecule has 4 nitrogen and oxygen atoms in total. The van der Waals surface area contributed by atoms with E-state index in [1.807, 2.05) is 0 Å². The lowest BCUT2D eigenvalue weighted by molar-refractivity contribution is 0.187. The average molecular weight is 232 g/mol. The molecular weight excluding hydrogens is 225 g/mol. The van der Waals surface area contributed by atoms with Crippen molar-refractivity contribution in [3.63, 3.8) is 0 Å². The molecule has 0 aliphatic heterocycles. The molecule has 0 heterocycles. The van der Waals surface area contributed by atoms with E-state index in [2.05, 4.69) is 10.0 Å². The highest BCUT2D eigenvalue weighted by atomic mass is 35.5. The summed E-state index contributed by atoms with van der Waals surface area (Å²) in [4.78, 5) is 2.54. The van der Waals surface area contributed by atoms with Gasteiger partial charge in [-0.05, 0) is 23.2 Å². The molecule has 1 N–H and O–H groups in total. The summed E-state index contributed by atoms with van der Waals surface area (Å²) in [5.41, 5.74) is 8.57. The van der Waals surface area contributed by atoms with E-state index in [-0.39, 0.29) is 6.54 Å². The summed E-state index contributed by atoms with van der Waals surface area (Å²) in [5.74, 6) is 0. The first kappa shape index (κ1) is 11.1. The Balaban J connectivity index is 2.89. The van der Waals surface area contributed by atoms with Gasteiger partial charge in [-0.15, -0.1) is 0 Å². The van der Waals surface area contributed by atoms with Crippen LogP contribution in [0, 0.1) is 0 Å². The van der Waals surface area contributed by atoms with Crippen LogP contribution < -0.4 is 0 Å². The predicted molar refractivity (Wildman–Crippen MR) is 55.4 cm³/mol. The summed E-state index contributed by atoms with van der Waals surface area (Å²) in [7, 11) is 0. The van der Waals surface area contributed by atoms with Gasteiger partial charge < -0.3 is 5.11 Å². The van der Waals surface area contributed by atoms with Crippen LogP contribution in [-0.4, -0.2) is 11.7 Å². The van der Waals surface area contributed by atoms with E-state index in [9.17, 15) is 5.11 Å². The Hall–Kier alpha value is -0.930. The van der Waals surface area contributed by atoms with Crippen molar-refractivity contribution in [2.24, 2.45) is 5.11 Å².